The monoisotopic (exact) mass is 287 g/mol. The molecule has 3 rings (SSSR count). The number of aryl methyl sites for hydroxylation is 1. The predicted molar refractivity (Wildman–Crippen MR) is 76.4 cm³/mol. The Bertz CT molecular complexity index is 759. The van der Waals surface area contributed by atoms with Gasteiger partial charge in [-0.25, -0.2) is 0 Å². The van der Waals surface area contributed by atoms with E-state index >= 15 is 0 Å². The summed E-state index contributed by atoms with van der Waals surface area (Å²) in [5.74, 6) is 0.753. The third kappa shape index (κ3) is 2.39. The minimum absolute atomic E-state index is 0.0294. The van der Waals surface area contributed by atoms with Crippen molar-refractivity contribution in [1.82, 2.24) is 25.1 Å². The predicted octanol–water partition coefficient (Wildman–Crippen LogP) is 1.80. The summed E-state index contributed by atoms with van der Waals surface area (Å²) in [5, 5.41) is 16.2. The molecule has 0 saturated carbocycles. The van der Waals surface area contributed by atoms with E-state index in [-0.39, 0.29) is 5.91 Å². The first-order valence-corrected chi connectivity index (χ1v) is 6.98. The van der Waals surface area contributed by atoms with Crippen LogP contribution in [0.4, 0.5) is 0 Å². The van der Waals surface area contributed by atoms with Gasteiger partial charge in [-0.15, -0.1) is 10.2 Å². The second kappa shape index (κ2) is 5.01. The van der Waals surface area contributed by atoms with E-state index in [2.05, 4.69) is 20.6 Å². The molecule has 102 valence electrons. The third-order valence-corrected chi connectivity index (χ3v) is 3.84. The molecule has 0 aliphatic heterocycles. The Hall–Kier alpha value is -2.28. The Balaban J connectivity index is 1.84. The highest BCUT2D eigenvalue weighted by molar-refractivity contribution is 7.19. The average Bonchev–Trinajstić information content (AvgIpc) is 3.00. The zero-order chi connectivity index (χ0) is 14.1. The number of carbonyl (C=O) groups excluding carboxylic acids is 1. The molecule has 20 heavy (non-hydrogen) atoms. The molecule has 1 N–H and O–H groups in total. The molecule has 0 bridgehead atoms. The number of carbonyl (C=O) groups is 1. The van der Waals surface area contributed by atoms with Gasteiger partial charge in [0, 0.05) is 19.0 Å². The maximum atomic E-state index is 10.9. The van der Waals surface area contributed by atoms with Gasteiger partial charge < -0.3 is 5.32 Å². The van der Waals surface area contributed by atoms with Gasteiger partial charge in [-0.1, -0.05) is 35.6 Å². The molecule has 0 unspecified atom stereocenters. The van der Waals surface area contributed by atoms with Crippen LogP contribution in [0.1, 0.15) is 18.3 Å². The standard InChI is InChI=1S/C13H13N5OS/c1-8-15-16-13-18(8)17-12(20-13)11-5-3-10(4-6-11)7-14-9(2)19/h3-6H,7H2,1-2H3,(H,14,19). The van der Waals surface area contributed by atoms with Crippen molar-refractivity contribution in [2.75, 3.05) is 0 Å². The molecule has 0 saturated heterocycles. The maximum Gasteiger partial charge on any atom is 0.234 e. The fraction of sp³-hybridized carbons (Fsp3) is 0.231. The molecule has 3 aromatic rings. The Morgan fingerprint density at radius 2 is 2.05 bits per heavy atom. The van der Waals surface area contributed by atoms with Gasteiger partial charge in [-0.2, -0.15) is 9.61 Å². The zero-order valence-corrected chi connectivity index (χ0v) is 11.9. The van der Waals surface area contributed by atoms with Crippen LogP contribution < -0.4 is 5.32 Å². The largest absolute Gasteiger partial charge is 0.352 e. The molecule has 0 atom stereocenters. The second-order valence-electron chi connectivity index (χ2n) is 4.46. The van der Waals surface area contributed by atoms with Crippen LogP contribution in [0.2, 0.25) is 0 Å². The van der Waals surface area contributed by atoms with Gasteiger partial charge in [0.1, 0.15) is 5.01 Å². The molecular weight excluding hydrogens is 274 g/mol. The quantitative estimate of drug-likeness (QED) is 0.797. The Morgan fingerprint density at radius 3 is 2.70 bits per heavy atom. The molecule has 1 amide bonds. The number of hydrogen-bond acceptors (Lipinski definition) is 5. The van der Waals surface area contributed by atoms with Crippen molar-refractivity contribution in [2.45, 2.75) is 20.4 Å². The lowest BCUT2D eigenvalue weighted by molar-refractivity contribution is -0.119. The Morgan fingerprint density at radius 1 is 1.30 bits per heavy atom. The molecule has 7 heteroatoms. The summed E-state index contributed by atoms with van der Waals surface area (Å²) in [6.07, 6.45) is 0. The summed E-state index contributed by atoms with van der Waals surface area (Å²) in [5.41, 5.74) is 2.09. The number of nitrogens with one attached hydrogen (secondary N) is 1. The van der Waals surface area contributed by atoms with Crippen LogP contribution in [0, 0.1) is 6.92 Å². The van der Waals surface area contributed by atoms with E-state index in [4.69, 9.17) is 0 Å². The van der Waals surface area contributed by atoms with E-state index in [1.165, 1.54) is 18.3 Å². The number of aromatic nitrogens is 4. The maximum absolute atomic E-state index is 10.9. The van der Waals surface area contributed by atoms with E-state index in [0.29, 0.717) is 6.54 Å². The number of fused-ring (bicyclic) bond motifs is 1. The van der Waals surface area contributed by atoms with Crippen molar-refractivity contribution < 1.29 is 4.79 Å². The molecule has 0 spiro atoms. The normalized spacial score (nSPS) is 10.9. The van der Waals surface area contributed by atoms with Crippen molar-refractivity contribution in [3.05, 3.63) is 35.7 Å². The lowest BCUT2D eigenvalue weighted by Gasteiger charge is -2.03. The van der Waals surface area contributed by atoms with Crippen LogP contribution in [0.15, 0.2) is 24.3 Å². The van der Waals surface area contributed by atoms with Gasteiger partial charge in [-0.05, 0) is 12.5 Å². The number of benzene rings is 1. The van der Waals surface area contributed by atoms with Crippen LogP contribution in [0.25, 0.3) is 15.5 Å². The summed E-state index contributed by atoms with van der Waals surface area (Å²) >= 11 is 1.50. The van der Waals surface area contributed by atoms with E-state index < -0.39 is 0 Å². The number of amides is 1. The SMILES string of the molecule is CC(=O)NCc1ccc(-c2nn3c(C)nnc3s2)cc1. The highest BCUT2D eigenvalue weighted by atomic mass is 32.1. The van der Waals surface area contributed by atoms with E-state index in [1.807, 2.05) is 31.2 Å². The number of hydrogen-bond donors (Lipinski definition) is 1. The van der Waals surface area contributed by atoms with E-state index in [9.17, 15) is 4.79 Å². The molecule has 2 aromatic heterocycles. The van der Waals surface area contributed by atoms with Gasteiger partial charge in [0.15, 0.2) is 5.82 Å². The van der Waals surface area contributed by atoms with Crippen LogP contribution in [0.3, 0.4) is 0 Å². The van der Waals surface area contributed by atoms with Crippen molar-refractivity contribution in [1.29, 1.82) is 0 Å². The summed E-state index contributed by atoms with van der Waals surface area (Å²) in [6, 6.07) is 7.97. The van der Waals surface area contributed by atoms with Gasteiger partial charge >= 0.3 is 0 Å². The molecule has 0 fully saturated rings. The third-order valence-electron chi connectivity index (χ3n) is 2.89. The summed E-state index contributed by atoms with van der Waals surface area (Å²) in [7, 11) is 0. The van der Waals surface area contributed by atoms with Crippen molar-refractivity contribution in [3.63, 3.8) is 0 Å². The van der Waals surface area contributed by atoms with Gasteiger partial charge in [0.05, 0.1) is 0 Å². The number of nitrogens with zero attached hydrogens (tertiary/aromatic N) is 4. The smallest absolute Gasteiger partial charge is 0.234 e. The minimum Gasteiger partial charge on any atom is -0.352 e. The molecule has 0 radical (unpaired) electrons. The molecule has 0 aliphatic rings. The summed E-state index contributed by atoms with van der Waals surface area (Å²) in [6.45, 7) is 3.93. The lowest BCUT2D eigenvalue weighted by atomic mass is 10.1. The van der Waals surface area contributed by atoms with Crippen LogP contribution in [-0.2, 0) is 11.3 Å². The van der Waals surface area contributed by atoms with Crippen LogP contribution in [-0.4, -0.2) is 25.7 Å². The lowest BCUT2D eigenvalue weighted by Crippen LogP contribution is -2.18. The Kier molecular flexibility index (Phi) is 3.19. The van der Waals surface area contributed by atoms with Gasteiger partial charge in [-0.3, -0.25) is 4.79 Å². The fourth-order valence-corrected chi connectivity index (χ4v) is 2.71. The van der Waals surface area contributed by atoms with E-state index in [0.717, 1.165) is 26.9 Å². The Labute approximate surface area is 119 Å². The first kappa shape index (κ1) is 12.7. The number of rotatable bonds is 3. The molecular formula is C13H13N5OS. The van der Waals surface area contributed by atoms with Crippen LogP contribution in [0.5, 0.6) is 0 Å². The molecule has 1 aromatic carbocycles. The second-order valence-corrected chi connectivity index (χ2v) is 5.41. The average molecular weight is 287 g/mol. The van der Waals surface area contributed by atoms with Crippen molar-refractivity contribution >= 4 is 22.2 Å². The van der Waals surface area contributed by atoms with Crippen molar-refractivity contribution in [3.8, 4) is 10.6 Å². The topological polar surface area (TPSA) is 72.2 Å². The summed E-state index contributed by atoms with van der Waals surface area (Å²) in [4.78, 5) is 11.7. The minimum atomic E-state index is -0.0294. The summed E-state index contributed by atoms with van der Waals surface area (Å²) < 4.78 is 1.74. The first-order chi connectivity index (χ1) is 9.63. The fourth-order valence-electron chi connectivity index (χ4n) is 1.82. The highest BCUT2D eigenvalue weighted by Gasteiger charge is 2.10. The highest BCUT2D eigenvalue weighted by Crippen LogP contribution is 2.25. The van der Waals surface area contributed by atoms with Gasteiger partial charge in [0.25, 0.3) is 0 Å². The molecule has 0 aliphatic carbocycles. The van der Waals surface area contributed by atoms with Crippen molar-refractivity contribution in [2.24, 2.45) is 0 Å². The van der Waals surface area contributed by atoms with Crippen LogP contribution >= 0.6 is 11.3 Å². The first-order valence-electron chi connectivity index (χ1n) is 6.16. The van der Waals surface area contributed by atoms with E-state index in [1.54, 1.807) is 4.52 Å². The zero-order valence-electron chi connectivity index (χ0n) is 11.1. The molecule has 6 nitrogen and oxygen atoms in total. The van der Waals surface area contributed by atoms with Gasteiger partial charge in [0.2, 0.25) is 10.9 Å². The molecule has 2 heterocycles.